The summed E-state index contributed by atoms with van der Waals surface area (Å²) in [5.74, 6) is -0.872. The summed E-state index contributed by atoms with van der Waals surface area (Å²) in [6, 6.07) is 22.8. The number of benzene rings is 4. The van der Waals surface area contributed by atoms with E-state index < -0.39 is 34.7 Å². The van der Waals surface area contributed by atoms with Crippen LogP contribution in [0.2, 0.25) is 5.02 Å². The van der Waals surface area contributed by atoms with Crippen LogP contribution in [-0.4, -0.2) is 37.2 Å². The minimum absolute atomic E-state index is 0.0260. The zero-order valence-corrected chi connectivity index (χ0v) is 26.8. The molecule has 0 spiro atoms. The van der Waals surface area contributed by atoms with Gasteiger partial charge in [0.15, 0.2) is 11.5 Å². The average molecular weight is 684 g/mol. The average Bonchev–Trinajstić information content (AvgIpc) is 3.05. The Morgan fingerprint density at radius 1 is 0.872 bits per heavy atom. The molecule has 0 radical (unpaired) electrons. The first-order valence-corrected chi connectivity index (χ1v) is 15.2. The maximum absolute atomic E-state index is 13.5. The molecule has 0 aliphatic carbocycles. The Morgan fingerprint density at radius 3 is 2.21 bits per heavy atom. The first-order valence-electron chi connectivity index (χ1n) is 13.9. The van der Waals surface area contributed by atoms with Crippen LogP contribution in [0.4, 0.5) is 24.5 Å². The topological polar surface area (TPSA) is 106 Å². The number of amides is 3. The predicted molar refractivity (Wildman–Crippen MR) is 177 cm³/mol. The normalized spacial score (nSPS) is 12.1. The second-order valence-electron chi connectivity index (χ2n) is 9.88. The Kier molecular flexibility index (Phi) is 11.6. The van der Waals surface area contributed by atoms with Gasteiger partial charge in [-0.05, 0) is 73.7 Å². The first kappa shape index (κ1) is 34.9. The van der Waals surface area contributed by atoms with Crippen LogP contribution < -0.4 is 25.4 Å². The van der Waals surface area contributed by atoms with Crippen LogP contribution in [0.15, 0.2) is 102 Å². The van der Waals surface area contributed by atoms with Gasteiger partial charge in [-0.25, -0.2) is 0 Å². The third kappa shape index (κ3) is 9.30. The van der Waals surface area contributed by atoms with Crippen LogP contribution in [0.25, 0.3) is 6.08 Å². The summed E-state index contributed by atoms with van der Waals surface area (Å²) in [6.45, 7) is 1.59. The molecule has 3 N–H and O–H groups in total. The van der Waals surface area contributed by atoms with E-state index in [-0.39, 0.29) is 16.4 Å². The third-order valence-corrected chi connectivity index (χ3v) is 8.05. The summed E-state index contributed by atoms with van der Waals surface area (Å²) in [5, 5.41) is 7.14. The van der Waals surface area contributed by atoms with Crippen molar-refractivity contribution < 1.29 is 37.0 Å². The van der Waals surface area contributed by atoms with E-state index in [0.717, 1.165) is 30.0 Å². The highest BCUT2D eigenvalue weighted by Crippen LogP contribution is 2.35. The van der Waals surface area contributed by atoms with E-state index in [4.69, 9.17) is 21.1 Å². The molecular weight excluding hydrogens is 655 g/mol. The molecule has 244 valence electrons. The number of halogens is 4. The SMILES string of the molecule is COc1cccc(/C=C(\NC(=O)c2ccccc2)C(=O)Nc2ccc(SC(C)C(=O)Nc3cc(C(F)(F)F)ccc3Cl)cc2)c1OC. The number of carbonyl (C=O) groups is 3. The van der Waals surface area contributed by atoms with Gasteiger partial charge in [0.1, 0.15) is 5.70 Å². The maximum atomic E-state index is 13.5. The van der Waals surface area contributed by atoms with Gasteiger partial charge in [0.2, 0.25) is 5.91 Å². The summed E-state index contributed by atoms with van der Waals surface area (Å²) < 4.78 is 50.1. The fourth-order valence-corrected chi connectivity index (χ4v) is 5.26. The fraction of sp³-hybridized carbons (Fsp3) is 0.147. The molecule has 3 amide bonds. The number of carbonyl (C=O) groups excluding carboxylic acids is 3. The number of anilines is 2. The van der Waals surface area contributed by atoms with Crippen LogP contribution in [0.3, 0.4) is 0 Å². The van der Waals surface area contributed by atoms with Crippen molar-refractivity contribution in [2.24, 2.45) is 0 Å². The van der Waals surface area contributed by atoms with Gasteiger partial charge in [0.05, 0.1) is 35.7 Å². The van der Waals surface area contributed by atoms with Crippen molar-refractivity contribution in [2.45, 2.75) is 23.2 Å². The number of para-hydroxylation sites is 1. The summed E-state index contributed by atoms with van der Waals surface area (Å²) in [5.41, 5.74) is 0.0729. The molecule has 1 atom stereocenters. The van der Waals surface area contributed by atoms with Gasteiger partial charge < -0.3 is 25.4 Å². The van der Waals surface area contributed by atoms with Crippen LogP contribution >= 0.6 is 23.4 Å². The van der Waals surface area contributed by atoms with Crippen molar-refractivity contribution in [2.75, 3.05) is 24.9 Å². The summed E-state index contributed by atoms with van der Waals surface area (Å²) in [6.07, 6.45) is -3.12. The Morgan fingerprint density at radius 2 is 1.57 bits per heavy atom. The molecule has 0 fully saturated rings. The Bertz CT molecular complexity index is 1780. The zero-order chi connectivity index (χ0) is 34.1. The summed E-state index contributed by atoms with van der Waals surface area (Å²) >= 11 is 7.16. The van der Waals surface area contributed by atoms with Crippen molar-refractivity contribution >= 4 is 58.5 Å². The maximum Gasteiger partial charge on any atom is 0.416 e. The molecule has 0 aromatic heterocycles. The minimum Gasteiger partial charge on any atom is -0.493 e. The van der Waals surface area contributed by atoms with E-state index in [2.05, 4.69) is 16.0 Å². The zero-order valence-electron chi connectivity index (χ0n) is 25.3. The number of ether oxygens (including phenoxy) is 2. The number of nitrogens with one attached hydrogen (secondary N) is 3. The smallest absolute Gasteiger partial charge is 0.416 e. The lowest BCUT2D eigenvalue weighted by Gasteiger charge is -2.15. The molecule has 0 aliphatic rings. The molecule has 47 heavy (non-hydrogen) atoms. The standard InChI is InChI=1S/C34H29ClF3N3O5S/c1-20(31(42)40-27-19-23(34(36,37)38)12-17-26(27)35)47-25-15-13-24(14-16-25)39-33(44)28(41-32(43)21-8-5-4-6-9-21)18-22-10-7-11-29(45-2)30(22)46-3/h4-20H,1-3H3,(H,39,44)(H,40,42)(H,41,43)/b28-18-. The first-order chi connectivity index (χ1) is 22.4. The largest absolute Gasteiger partial charge is 0.493 e. The predicted octanol–water partition coefficient (Wildman–Crippen LogP) is 7.90. The molecule has 8 nitrogen and oxygen atoms in total. The van der Waals surface area contributed by atoms with Crippen molar-refractivity contribution in [3.63, 3.8) is 0 Å². The highest BCUT2D eigenvalue weighted by molar-refractivity contribution is 8.00. The Hall–Kier alpha value is -4.94. The lowest BCUT2D eigenvalue weighted by Crippen LogP contribution is -2.30. The number of hydrogen-bond acceptors (Lipinski definition) is 6. The van der Waals surface area contributed by atoms with Crippen LogP contribution in [0.5, 0.6) is 11.5 Å². The summed E-state index contributed by atoms with van der Waals surface area (Å²) in [4.78, 5) is 39.9. The molecule has 4 aromatic carbocycles. The van der Waals surface area contributed by atoms with Gasteiger partial charge in [-0.1, -0.05) is 41.9 Å². The molecule has 4 rings (SSSR count). The van der Waals surface area contributed by atoms with E-state index in [9.17, 15) is 27.6 Å². The van der Waals surface area contributed by atoms with Gasteiger partial charge in [0, 0.05) is 21.7 Å². The molecule has 13 heteroatoms. The molecule has 0 saturated carbocycles. The molecule has 0 saturated heterocycles. The molecule has 0 aliphatic heterocycles. The Balaban J connectivity index is 1.48. The van der Waals surface area contributed by atoms with Crippen molar-refractivity contribution in [1.82, 2.24) is 5.32 Å². The third-order valence-electron chi connectivity index (χ3n) is 6.61. The van der Waals surface area contributed by atoms with Gasteiger partial charge in [-0.3, -0.25) is 14.4 Å². The van der Waals surface area contributed by atoms with Crippen molar-refractivity contribution in [3.8, 4) is 11.5 Å². The number of rotatable bonds is 11. The van der Waals surface area contributed by atoms with Crippen LogP contribution in [0, 0.1) is 0 Å². The quantitative estimate of drug-likeness (QED) is 0.110. The lowest BCUT2D eigenvalue weighted by molar-refractivity contribution is -0.137. The minimum atomic E-state index is -4.59. The molecule has 1 unspecified atom stereocenters. The van der Waals surface area contributed by atoms with Gasteiger partial charge in [-0.15, -0.1) is 11.8 Å². The van der Waals surface area contributed by atoms with E-state index >= 15 is 0 Å². The second kappa shape index (κ2) is 15.6. The highest BCUT2D eigenvalue weighted by Gasteiger charge is 2.31. The molecular formula is C34H29ClF3N3O5S. The number of alkyl halides is 3. The van der Waals surface area contributed by atoms with Gasteiger partial charge in [-0.2, -0.15) is 13.2 Å². The number of thioether (sulfide) groups is 1. The second-order valence-corrected chi connectivity index (χ2v) is 11.7. The van der Waals surface area contributed by atoms with E-state index in [1.54, 1.807) is 79.7 Å². The molecule has 0 bridgehead atoms. The monoisotopic (exact) mass is 683 g/mol. The van der Waals surface area contributed by atoms with E-state index in [1.807, 2.05) is 0 Å². The van der Waals surface area contributed by atoms with Crippen LogP contribution in [0.1, 0.15) is 28.4 Å². The number of hydrogen-bond donors (Lipinski definition) is 3. The molecule has 4 aromatic rings. The fourth-order valence-electron chi connectivity index (χ4n) is 4.23. The Labute approximate surface area is 278 Å². The van der Waals surface area contributed by atoms with E-state index in [1.165, 1.54) is 20.3 Å². The summed E-state index contributed by atoms with van der Waals surface area (Å²) in [7, 11) is 2.94. The molecule has 0 heterocycles. The van der Waals surface area contributed by atoms with Crippen molar-refractivity contribution in [3.05, 3.63) is 118 Å². The van der Waals surface area contributed by atoms with E-state index in [0.29, 0.717) is 33.2 Å². The lowest BCUT2D eigenvalue weighted by atomic mass is 10.1. The highest BCUT2D eigenvalue weighted by atomic mass is 35.5. The van der Waals surface area contributed by atoms with Gasteiger partial charge >= 0.3 is 6.18 Å². The van der Waals surface area contributed by atoms with Crippen LogP contribution in [-0.2, 0) is 15.8 Å². The number of methoxy groups -OCH3 is 2. The van der Waals surface area contributed by atoms with Crippen molar-refractivity contribution in [1.29, 1.82) is 0 Å². The van der Waals surface area contributed by atoms with Gasteiger partial charge in [0.25, 0.3) is 11.8 Å².